The van der Waals surface area contributed by atoms with Crippen molar-refractivity contribution in [3.63, 3.8) is 0 Å². The molecule has 6 heteroatoms. The zero-order valence-electron chi connectivity index (χ0n) is 18.4. The van der Waals surface area contributed by atoms with Crippen LogP contribution in [0.5, 0.6) is 0 Å². The maximum Gasteiger partial charge on any atom is 0.237 e. The monoisotopic (exact) mass is 415 g/mol. The highest BCUT2D eigenvalue weighted by atomic mass is 16.3. The van der Waals surface area contributed by atoms with E-state index in [1.54, 1.807) is 6.92 Å². The predicted octanol–water partition coefficient (Wildman–Crippen LogP) is 3.18. The van der Waals surface area contributed by atoms with E-state index in [2.05, 4.69) is 11.0 Å². The maximum atomic E-state index is 13.0. The molecule has 1 saturated heterocycles. The standard InChI is InChI=1S/C24H37N3O3/c1-20(29)26-15-9-5-3-2-4-8-14-25(17-21-11-6-7-13-23(21)26)18-24(30)27-16-10-12-22(27)19-28/h6-7,11,13,22,28H,2-5,8-10,12,14-19H2,1H3. The molecule has 0 spiro atoms. The molecule has 0 bridgehead atoms. The van der Waals surface area contributed by atoms with Gasteiger partial charge in [0.25, 0.3) is 0 Å². The van der Waals surface area contributed by atoms with Crippen LogP contribution in [0.15, 0.2) is 24.3 Å². The molecule has 1 N–H and O–H groups in total. The van der Waals surface area contributed by atoms with Gasteiger partial charge in [0.2, 0.25) is 11.8 Å². The second-order valence-corrected chi connectivity index (χ2v) is 8.70. The van der Waals surface area contributed by atoms with E-state index in [1.165, 1.54) is 19.3 Å². The lowest BCUT2D eigenvalue weighted by Gasteiger charge is -2.30. The third-order valence-electron chi connectivity index (χ3n) is 6.43. The number of anilines is 1. The molecule has 3 rings (SSSR count). The number of aliphatic hydroxyl groups is 1. The lowest BCUT2D eigenvalue weighted by Crippen LogP contribution is -2.44. The molecule has 166 valence electrons. The Kier molecular flexibility index (Phi) is 8.70. The topological polar surface area (TPSA) is 64.1 Å². The van der Waals surface area contributed by atoms with Crippen LogP contribution in [0.2, 0.25) is 0 Å². The van der Waals surface area contributed by atoms with Crippen molar-refractivity contribution in [3.8, 4) is 0 Å². The number of para-hydroxylation sites is 1. The Labute approximate surface area is 180 Å². The van der Waals surface area contributed by atoms with Crippen LogP contribution >= 0.6 is 0 Å². The lowest BCUT2D eigenvalue weighted by atomic mass is 10.1. The highest BCUT2D eigenvalue weighted by Gasteiger charge is 2.29. The van der Waals surface area contributed by atoms with Crippen molar-refractivity contribution in [3.05, 3.63) is 29.8 Å². The van der Waals surface area contributed by atoms with Crippen molar-refractivity contribution in [2.45, 2.75) is 70.9 Å². The molecule has 0 aliphatic carbocycles. The molecule has 2 aliphatic heterocycles. The van der Waals surface area contributed by atoms with E-state index in [4.69, 9.17) is 0 Å². The van der Waals surface area contributed by atoms with E-state index in [0.29, 0.717) is 13.1 Å². The molecule has 1 aromatic carbocycles. The molecule has 30 heavy (non-hydrogen) atoms. The number of rotatable bonds is 3. The van der Waals surface area contributed by atoms with Crippen molar-refractivity contribution in [1.82, 2.24) is 9.80 Å². The number of carbonyl (C=O) groups is 2. The van der Waals surface area contributed by atoms with Gasteiger partial charge in [-0.25, -0.2) is 0 Å². The average molecular weight is 416 g/mol. The average Bonchev–Trinajstić information content (AvgIpc) is 3.22. The summed E-state index contributed by atoms with van der Waals surface area (Å²) in [5.74, 6) is 0.180. The minimum atomic E-state index is -0.0334. The van der Waals surface area contributed by atoms with Gasteiger partial charge in [0, 0.05) is 32.2 Å². The summed E-state index contributed by atoms with van der Waals surface area (Å²) in [5, 5.41) is 9.59. The maximum absolute atomic E-state index is 13.0. The van der Waals surface area contributed by atoms with Crippen LogP contribution in [-0.4, -0.2) is 65.5 Å². The van der Waals surface area contributed by atoms with Crippen LogP contribution in [0.4, 0.5) is 5.69 Å². The van der Waals surface area contributed by atoms with Gasteiger partial charge in [-0.3, -0.25) is 14.5 Å². The van der Waals surface area contributed by atoms with Gasteiger partial charge < -0.3 is 14.9 Å². The van der Waals surface area contributed by atoms with E-state index < -0.39 is 0 Å². The smallest absolute Gasteiger partial charge is 0.237 e. The quantitative estimate of drug-likeness (QED) is 0.824. The van der Waals surface area contributed by atoms with Crippen LogP contribution in [0, 0.1) is 0 Å². The predicted molar refractivity (Wildman–Crippen MR) is 119 cm³/mol. The largest absolute Gasteiger partial charge is 0.394 e. The normalized spacial score (nSPS) is 22.0. The third kappa shape index (κ3) is 6.05. The first-order valence-electron chi connectivity index (χ1n) is 11.6. The Morgan fingerprint density at radius 1 is 0.967 bits per heavy atom. The molecule has 0 aromatic heterocycles. The van der Waals surface area contributed by atoms with Gasteiger partial charge in [-0.1, -0.05) is 43.9 Å². The van der Waals surface area contributed by atoms with E-state index in [9.17, 15) is 14.7 Å². The molecule has 1 aromatic rings. The van der Waals surface area contributed by atoms with Gasteiger partial charge in [0.05, 0.1) is 19.2 Å². The van der Waals surface area contributed by atoms with Gasteiger partial charge >= 0.3 is 0 Å². The fourth-order valence-electron chi connectivity index (χ4n) is 4.76. The molecule has 0 saturated carbocycles. The summed E-state index contributed by atoms with van der Waals surface area (Å²) in [5.41, 5.74) is 2.07. The minimum Gasteiger partial charge on any atom is -0.394 e. The minimum absolute atomic E-state index is 0.0334. The van der Waals surface area contributed by atoms with Crippen LogP contribution in [0.3, 0.4) is 0 Å². The number of likely N-dealkylation sites (tertiary alicyclic amines) is 1. The fourth-order valence-corrected chi connectivity index (χ4v) is 4.76. The number of benzene rings is 1. The molecule has 1 atom stereocenters. The van der Waals surface area contributed by atoms with E-state index >= 15 is 0 Å². The van der Waals surface area contributed by atoms with Crippen molar-refractivity contribution in [2.24, 2.45) is 0 Å². The second kappa shape index (κ2) is 11.5. The Balaban J connectivity index is 1.79. The van der Waals surface area contributed by atoms with Crippen LogP contribution < -0.4 is 4.90 Å². The Morgan fingerprint density at radius 2 is 1.67 bits per heavy atom. The molecular formula is C24H37N3O3. The number of amides is 2. The highest BCUT2D eigenvalue weighted by molar-refractivity contribution is 5.92. The van der Waals surface area contributed by atoms with Gasteiger partial charge in [-0.2, -0.15) is 0 Å². The SMILES string of the molecule is CC(=O)N1CCCCCCCCN(CC(=O)N2CCCC2CO)Cc2ccccc21. The number of fused-ring (bicyclic) bond motifs is 1. The summed E-state index contributed by atoms with van der Waals surface area (Å²) >= 11 is 0. The summed E-state index contributed by atoms with van der Waals surface area (Å²) in [4.78, 5) is 31.4. The molecule has 2 heterocycles. The first kappa shape index (κ1) is 22.8. The Morgan fingerprint density at radius 3 is 2.40 bits per heavy atom. The van der Waals surface area contributed by atoms with Gasteiger partial charge in [-0.05, 0) is 43.9 Å². The summed E-state index contributed by atoms with van der Waals surface area (Å²) in [6, 6.07) is 8.07. The zero-order valence-corrected chi connectivity index (χ0v) is 18.4. The second-order valence-electron chi connectivity index (χ2n) is 8.70. The highest BCUT2D eigenvalue weighted by Crippen LogP contribution is 2.25. The number of hydrogen-bond acceptors (Lipinski definition) is 4. The Bertz CT molecular complexity index is 709. The number of nitrogens with zero attached hydrogens (tertiary/aromatic N) is 3. The van der Waals surface area contributed by atoms with E-state index in [0.717, 1.165) is 63.0 Å². The summed E-state index contributed by atoms with van der Waals surface area (Å²) in [6.45, 7) is 5.07. The summed E-state index contributed by atoms with van der Waals surface area (Å²) in [7, 11) is 0. The Hall–Kier alpha value is -1.92. The van der Waals surface area contributed by atoms with Crippen molar-refractivity contribution >= 4 is 17.5 Å². The van der Waals surface area contributed by atoms with Crippen LogP contribution in [-0.2, 0) is 16.1 Å². The van der Waals surface area contributed by atoms with Crippen molar-refractivity contribution in [2.75, 3.05) is 37.7 Å². The fraction of sp³-hybridized carbons (Fsp3) is 0.667. The summed E-state index contributed by atoms with van der Waals surface area (Å²) in [6.07, 6.45) is 8.66. The molecule has 2 aliphatic rings. The molecular weight excluding hydrogens is 378 g/mol. The number of aliphatic hydroxyl groups excluding tert-OH is 1. The van der Waals surface area contributed by atoms with Crippen molar-refractivity contribution < 1.29 is 14.7 Å². The number of hydrogen-bond donors (Lipinski definition) is 1. The summed E-state index contributed by atoms with van der Waals surface area (Å²) < 4.78 is 0. The molecule has 1 unspecified atom stereocenters. The molecule has 6 nitrogen and oxygen atoms in total. The van der Waals surface area contributed by atoms with E-state index in [-0.39, 0.29) is 24.5 Å². The molecule has 0 radical (unpaired) electrons. The van der Waals surface area contributed by atoms with Crippen molar-refractivity contribution in [1.29, 1.82) is 0 Å². The molecule has 1 fully saturated rings. The van der Waals surface area contributed by atoms with Gasteiger partial charge in [-0.15, -0.1) is 0 Å². The zero-order chi connectivity index (χ0) is 21.3. The van der Waals surface area contributed by atoms with E-state index in [1.807, 2.05) is 28.0 Å². The number of carbonyl (C=O) groups excluding carboxylic acids is 2. The van der Waals surface area contributed by atoms with Crippen LogP contribution in [0.25, 0.3) is 0 Å². The first-order valence-corrected chi connectivity index (χ1v) is 11.6. The molecule has 2 amide bonds. The first-order chi connectivity index (χ1) is 14.6. The van der Waals surface area contributed by atoms with Gasteiger partial charge in [0.15, 0.2) is 0 Å². The third-order valence-corrected chi connectivity index (χ3v) is 6.43. The lowest BCUT2D eigenvalue weighted by molar-refractivity contribution is -0.134. The van der Waals surface area contributed by atoms with Gasteiger partial charge in [0.1, 0.15) is 0 Å². The van der Waals surface area contributed by atoms with Crippen LogP contribution in [0.1, 0.15) is 63.9 Å².